The molecule has 0 bridgehead atoms. The maximum Gasteiger partial charge on any atom is 0.196 e. The average Bonchev–Trinajstić information content (AvgIpc) is 3.14. The van der Waals surface area contributed by atoms with Crippen LogP contribution in [0.5, 0.6) is 5.75 Å². The predicted molar refractivity (Wildman–Crippen MR) is 108 cm³/mol. The SMILES string of the molecule is C=Nc1cc(C2Nc3ccccc3O2)ccc1N(CC)C1CCNCC1. The highest BCUT2D eigenvalue weighted by atomic mass is 16.5. The van der Waals surface area contributed by atoms with Crippen molar-refractivity contribution in [2.24, 2.45) is 4.99 Å². The Balaban J connectivity index is 1.59. The molecule has 1 unspecified atom stereocenters. The van der Waals surface area contributed by atoms with E-state index in [0.29, 0.717) is 6.04 Å². The van der Waals surface area contributed by atoms with Gasteiger partial charge in [-0.1, -0.05) is 18.2 Å². The van der Waals surface area contributed by atoms with Crippen LogP contribution in [-0.4, -0.2) is 32.4 Å². The molecule has 1 fully saturated rings. The van der Waals surface area contributed by atoms with Crippen LogP contribution in [0.2, 0.25) is 0 Å². The molecular weight excluding hydrogens is 324 g/mol. The van der Waals surface area contributed by atoms with Gasteiger partial charge in [0.1, 0.15) is 5.75 Å². The topological polar surface area (TPSA) is 48.9 Å². The Hall–Kier alpha value is -2.53. The maximum absolute atomic E-state index is 6.04. The number of nitrogens with one attached hydrogen (secondary N) is 2. The number of ether oxygens (including phenoxy) is 1. The monoisotopic (exact) mass is 350 g/mol. The summed E-state index contributed by atoms with van der Waals surface area (Å²) in [4.78, 5) is 6.79. The second kappa shape index (κ2) is 7.38. The summed E-state index contributed by atoms with van der Waals surface area (Å²) < 4.78 is 6.04. The minimum Gasteiger partial charge on any atom is -0.464 e. The molecule has 26 heavy (non-hydrogen) atoms. The summed E-state index contributed by atoms with van der Waals surface area (Å²) in [6.07, 6.45) is 2.14. The van der Waals surface area contributed by atoms with Crippen LogP contribution in [0.15, 0.2) is 47.5 Å². The lowest BCUT2D eigenvalue weighted by atomic mass is 10.0. The molecule has 2 aromatic carbocycles. The van der Waals surface area contributed by atoms with Gasteiger partial charge in [-0.25, -0.2) is 0 Å². The van der Waals surface area contributed by atoms with Crippen LogP contribution in [0.25, 0.3) is 0 Å². The molecule has 0 spiro atoms. The highest BCUT2D eigenvalue weighted by molar-refractivity contribution is 5.71. The molecule has 2 heterocycles. The molecule has 5 heteroatoms. The van der Waals surface area contributed by atoms with Crippen molar-refractivity contribution in [2.45, 2.75) is 32.0 Å². The summed E-state index contributed by atoms with van der Waals surface area (Å²) in [5.74, 6) is 0.888. The first-order valence-electron chi connectivity index (χ1n) is 9.40. The number of rotatable bonds is 5. The van der Waals surface area contributed by atoms with Gasteiger partial charge in [0.25, 0.3) is 0 Å². The van der Waals surface area contributed by atoms with Crippen molar-refractivity contribution in [1.29, 1.82) is 0 Å². The van der Waals surface area contributed by atoms with Gasteiger partial charge in [0, 0.05) is 18.2 Å². The van der Waals surface area contributed by atoms with Crippen molar-refractivity contribution in [3.63, 3.8) is 0 Å². The second-order valence-electron chi connectivity index (χ2n) is 6.81. The highest BCUT2D eigenvalue weighted by Crippen LogP contribution is 2.40. The number of hydrogen-bond acceptors (Lipinski definition) is 5. The highest BCUT2D eigenvalue weighted by Gasteiger charge is 2.26. The van der Waals surface area contributed by atoms with Crippen molar-refractivity contribution in [2.75, 3.05) is 29.9 Å². The van der Waals surface area contributed by atoms with E-state index in [-0.39, 0.29) is 6.23 Å². The van der Waals surface area contributed by atoms with E-state index in [4.69, 9.17) is 4.74 Å². The molecule has 2 aliphatic rings. The van der Waals surface area contributed by atoms with E-state index in [2.05, 4.69) is 52.4 Å². The molecule has 0 aromatic heterocycles. The van der Waals surface area contributed by atoms with Gasteiger partial charge >= 0.3 is 0 Å². The Kier molecular flexibility index (Phi) is 4.80. The predicted octanol–water partition coefficient (Wildman–Crippen LogP) is 4.10. The zero-order valence-corrected chi connectivity index (χ0v) is 15.2. The van der Waals surface area contributed by atoms with Crippen molar-refractivity contribution in [3.05, 3.63) is 48.0 Å². The number of benzene rings is 2. The fraction of sp³-hybridized carbons (Fsp3) is 0.381. The number of piperidine rings is 1. The van der Waals surface area contributed by atoms with Gasteiger partial charge in [-0.2, -0.15) is 0 Å². The molecule has 1 atom stereocenters. The average molecular weight is 350 g/mol. The number of fused-ring (bicyclic) bond motifs is 1. The number of hydrogen-bond donors (Lipinski definition) is 2. The quantitative estimate of drug-likeness (QED) is 0.797. The summed E-state index contributed by atoms with van der Waals surface area (Å²) in [7, 11) is 0. The summed E-state index contributed by atoms with van der Waals surface area (Å²) in [5, 5.41) is 6.86. The van der Waals surface area contributed by atoms with E-state index in [0.717, 1.165) is 60.9 Å². The molecule has 5 nitrogen and oxygen atoms in total. The third kappa shape index (κ3) is 3.15. The molecule has 2 N–H and O–H groups in total. The molecule has 2 aliphatic heterocycles. The minimum absolute atomic E-state index is 0.184. The lowest BCUT2D eigenvalue weighted by Gasteiger charge is -2.36. The van der Waals surface area contributed by atoms with Crippen molar-refractivity contribution >= 4 is 23.8 Å². The molecule has 0 aliphatic carbocycles. The van der Waals surface area contributed by atoms with Crippen LogP contribution in [-0.2, 0) is 0 Å². The summed E-state index contributed by atoms with van der Waals surface area (Å²) in [5.41, 5.74) is 4.17. The zero-order valence-electron chi connectivity index (χ0n) is 15.2. The van der Waals surface area contributed by atoms with Crippen LogP contribution >= 0.6 is 0 Å². The van der Waals surface area contributed by atoms with Crippen LogP contribution in [0.3, 0.4) is 0 Å². The van der Waals surface area contributed by atoms with Gasteiger partial charge in [-0.3, -0.25) is 4.99 Å². The van der Waals surface area contributed by atoms with Crippen LogP contribution in [0.1, 0.15) is 31.6 Å². The number of para-hydroxylation sites is 2. The molecular formula is C21H26N4O. The van der Waals surface area contributed by atoms with Crippen LogP contribution in [0.4, 0.5) is 17.1 Å². The Morgan fingerprint density at radius 3 is 2.73 bits per heavy atom. The van der Waals surface area contributed by atoms with Gasteiger partial charge < -0.3 is 20.3 Å². The molecule has 0 radical (unpaired) electrons. The third-order valence-electron chi connectivity index (χ3n) is 5.29. The molecule has 0 saturated carbocycles. The van der Waals surface area contributed by atoms with Crippen LogP contribution in [0, 0.1) is 0 Å². The number of aliphatic imine (C=N–C) groups is 1. The Bertz CT molecular complexity index is 760. The fourth-order valence-corrected chi connectivity index (χ4v) is 3.95. The normalized spacial score (nSPS) is 19.3. The summed E-state index contributed by atoms with van der Waals surface area (Å²) in [6.45, 7) is 9.14. The molecule has 136 valence electrons. The Morgan fingerprint density at radius 2 is 2.00 bits per heavy atom. The Labute approximate surface area is 155 Å². The van der Waals surface area contributed by atoms with Gasteiger partial charge in [0.15, 0.2) is 6.23 Å². The van der Waals surface area contributed by atoms with Crippen molar-refractivity contribution in [3.8, 4) is 5.75 Å². The lowest BCUT2D eigenvalue weighted by Crippen LogP contribution is -2.43. The standard InChI is InChI=1S/C21H26N4O/c1-3-25(16-10-12-23-13-11-16)19-9-8-15(14-18(19)22-2)21-24-17-6-4-5-7-20(17)26-21/h4-9,14,16,21,23-24H,2-3,10-13H2,1H3. The largest absolute Gasteiger partial charge is 0.464 e. The molecule has 4 rings (SSSR count). The van der Waals surface area contributed by atoms with Gasteiger partial charge in [-0.05, 0) is 63.8 Å². The first-order chi connectivity index (χ1) is 12.8. The maximum atomic E-state index is 6.04. The van der Waals surface area contributed by atoms with E-state index in [1.807, 2.05) is 24.3 Å². The summed E-state index contributed by atoms with van der Waals surface area (Å²) >= 11 is 0. The van der Waals surface area contributed by atoms with E-state index in [1.54, 1.807) is 0 Å². The third-order valence-corrected chi connectivity index (χ3v) is 5.29. The minimum atomic E-state index is -0.184. The lowest BCUT2D eigenvalue weighted by molar-refractivity contribution is 0.260. The first-order valence-corrected chi connectivity index (χ1v) is 9.40. The van der Waals surface area contributed by atoms with Crippen LogP contribution < -0.4 is 20.3 Å². The number of anilines is 2. The zero-order chi connectivity index (χ0) is 17.9. The molecule has 2 aromatic rings. The van der Waals surface area contributed by atoms with Gasteiger partial charge in [-0.15, -0.1) is 0 Å². The Morgan fingerprint density at radius 1 is 1.19 bits per heavy atom. The molecule has 1 saturated heterocycles. The second-order valence-corrected chi connectivity index (χ2v) is 6.81. The smallest absolute Gasteiger partial charge is 0.196 e. The van der Waals surface area contributed by atoms with E-state index < -0.39 is 0 Å². The first kappa shape index (κ1) is 16.9. The van der Waals surface area contributed by atoms with Gasteiger partial charge in [0.2, 0.25) is 0 Å². The molecule has 0 amide bonds. The fourth-order valence-electron chi connectivity index (χ4n) is 3.95. The van der Waals surface area contributed by atoms with E-state index >= 15 is 0 Å². The van der Waals surface area contributed by atoms with E-state index in [1.165, 1.54) is 0 Å². The summed E-state index contributed by atoms with van der Waals surface area (Å²) in [6, 6.07) is 15.0. The van der Waals surface area contributed by atoms with Gasteiger partial charge in [0.05, 0.1) is 17.1 Å². The van der Waals surface area contributed by atoms with Crippen molar-refractivity contribution < 1.29 is 4.74 Å². The van der Waals surface area contributed by atoms with Crippen molar-refractivity contribution in [1.82, 2.24) is 5.32 Å². The van der Waals surface area contributed by atoms with E-state index in [9.17, 15) is 0 Å². The number of nitrogens with zero attached hydrogens (tertiary/aromatic N) is 2.